The van der Waals surface area contributed by atoms with Crippen molar-refractivity contribution < 1.29 is 18.0 Å². The van der Waals surface area contributed by atoms with Crippen LogP contribution in [0.4, 0.5) is 5.69 Å². The van der Waals surface area contributed by atoms with Gasteiger partial charge in [0.15, 0.2) is 0 Å². The number of hydrogen-bond donors (Lipinski definition) is 1. The molecule has 0 aliphatic rings. The zero-order valence-corrected chi connectivity index (χ0v) is 25.4. The lowest BCUT2D eigenvalue weighted by Gasteiger charge is -2.35. The van der Waals surface area contributed by atoms with Gasteiger partial charge in [-0.05, 0) is 82.9 Å². The maximum Gasteiger partial charge on any atom is 0.264 e. The average molecular weight is 564 g/mol. The Bertz CT molecular complexity index is 1430. The number of carbonyl (C=O) groups is 2. The minimum absolute atomic E-state index is 0.0892. The molecule has 2 amide bonds. The molecule has 1 atom stereocenters. The molecule has 1 N–H and O–H groups in total. The number of hydrogen-bond acceptors (Lipinski definition) is 4. The van der Waals surface area contributed by atoms with E-state index in [-0.39, 0.29) is 17.3 Å². The van der Waals surface area contributed by atoms with Gasteiger partial charge < -0.3 is 10.2 Å². The molecule has 0 saturated heterocycles. The van der Waals surface area contributed by atoms with Crippen molar-refractivity contribution in [3.05, 3.63) is 95.1 Å². The summed E-state index contributed by atoms with van der Waals surface area (Å²) in [6, 6.07) is 20.5. The molecule has 0 heterocycles. The molecular formula is C32H41N3O4S. The number of anilines is 1. The van der Waals surface area contributed by atoms with E-state index >= 15 is 0 Å². The van der Waals surface area contributed by atoms with Crippen LogP contribution in [0.25, 0.3) is 0 Å². The van der Waals surface area contributed by atoms with E-state index in [1.54, 1.807) is 30.3 Å². The Hall–Kier alpha value is -3.65. The maximum absolute atomic E-state index is 14.2. The Morgan fingerprint density at radius 3 is 2.08 bits per heavy atom. The zero-order chi connectivity index (χ0) is 29.7. The largest absolute Gasteiger partial charge is 0.350 e. The summed E-state index contributed by atoms with van der Waals surface area (Å²) in [7, 11) is -4.10. The van der Waals surface area contributed by atoms with E-state index in [0.717, 1.165) is 22.3 Å². The van der Waals surface area contributed by atoms with Crippen molar-refractivity contribution in [3.8, 4) is 0 Å². The summed E-state index contributed by atoms with van der Waals surface area (Å²) in [4.78, 5) is 29.2. The van der Waals surface area contributed by atoms with E-state index in [9.17, 15) is 18.0 Å². The fourth-order valence-corrected chi connectivity index (χ4v) is 5.99. The van der Waals surface area contributed by atoms with Crippen LogP contribution in [-0.2, 0) is 26.2 Å². The molecule has 7 nitrogen and oxygen atoms in total. The second-order valence-electron chi connectivity index (χ2n) is 11.2. The highest BCUT2D eigenvalue weighted by atomic mass is 32.2. The van der Waals surface area contributed by atoms with Gasteiger partial charge >= 0.3 is 0 Å². The van der Waals surface area contributed by atoms with Crippen molar-refractivity contribution >= 4 is 27.5 Å². The third-order valence-electron chi connectivity index (χ3n) is 6.81. The summed E-state index contributed by atoms with van der Waals surface area (Å²) in [6.07, 6.45) is 0.369. The number of benzene rings is 3. The van der Waals surface area contributed by atoms with Gasteiger partial charge in [-0.15, -0.1) is 0 Å². The zero-order valence-electron chi connectivity index (χ0n) is 24.6. The highest BCUT2D eigenvalue weighted by Crippen LogP contribution is 2.29. The number of amides is 2. The molecule has 0 radical (unpaired) electrons. The predicted octanol–water partition coefficient (Wildman–Crippen LogP) is 5.53. The third-order valence-corrected chi connectivity index (χ3v) is 8.59. The quantitative estimate of drug-likeness (QED) is 0.352. The number of nitrogens with one attached hydrogen (secondary N) is 1. The van der Waals surface area contributed by atoms with Gasteiger partial charge in [0.05, 0.1) is 10.6 Å². The topological polar surface area (TPSA) is 86.8 Å². The minimum atomic E-state index is -4.10. The van der Waals surface area contributed by atoms with Gasteiger partial charge in [-0.3, -0.25) is 13.9 Å². The normalized spacial score (nSPS) is 12.5. The van der Waals surface area contributed by atoms with Crippen molar-refractivity contribution in [1.82, 2.24) is 10.2 Å². The summed E-state index contributed by atoms with van der Waals surface area (Å²) in [6.45, 7) is 13.0. The van der Waals surface area contributed by atoms with Crippen LogP contribution in [0.5, 0.6) is 0 Å². The molecule has 0 unspecified atom stereocenters. The third kappa shape index (κ3) is 7.50. The second-order valence-corrected chi connectivity index (χ2v) is 13.1. The fourth-order valence-electron chi connectivity index (χ4n) is 4.50. The summed E-state index contributed by atoms with van der Waals surface area (Å²) in [5, 5.41) is 2.99. The Morgan fingerprint density at radius 2 is 1.50 bits per heavy atom. The van der Waals surface area contributed by atoms with Crippen LogP contribution in [0.1, 0.15) is 56.4 Å². The average Bonchev–Trinajstić information content (AvgIpc) is 2.89. The van der Waals surface area contributed by atoms with E-state index in [1.165, 1.54) is 21.3 Å². The Balaban J connectivity index is 2.10. The van der Waals surface area contributed by atoms with Gasteiger partial charge in [0.2, 0.25) is 11.8 Å². The van der Waals surface area contributed by atoms with E-state index < -0.39 is 34.1 Å². The van der Waals surface area contributed by atoms with E-state index in [0.29, 0.717) is 12.1 Å². The molecule has 0 aliphatic carbocycles. The first-order valence-corrected chi connectivity index (χ1v) is 15.0. The van der Waals surface area contributed by atoms with Crippen LogP contribution in [0.3, 0.4) is 0 Å². The van der Waals surface area contributed by atoms with Crippen molar-refractivity contribution in [2.75, 3.05) is 10.8 Å². The van der Waals surface area contributed by atoms with Crippen molar-refractivity contribution in [1.29, 1.82) is 0 Å². The number of nitrogens with zero attached hydrogens (tertiary/aromatic N) is 2. The molecule has 0 aliphatic heterocycles. The molecule has 0 saturated carbocycles. The van der Waals surface area contributed by atoms with Gasteiger partial charge in [0.25, 0.3) is 10.0 Å². The van der Waals surface area contributed by atoms with Crippen LogP contribution in [0.15, 0.2) is 77.7 Å². The Kier molecular flexibility index (Phi) is 9.79. The molecule has 3 aromatic carbocycles. The fraction of sp³-hybridized carbons (Fsp3) is 0.375. The number of carbonyl (C=O) groups excluding carboxylic acids is 2. The van der Waals surface area contributed by atoms with Gasteiger partial charge in [-0.1, -0.05) is 67.1 Å². The molecule has 0 spiro atoms. The molecule has 8 heteroatoms. The molecule has 0 fully saturated rings. The molecule has 40 heavy (non-hydrogen) atoms. The first kappa shape index (κ1) is 30.9. The lowest BCUT2D eigenvalue weighted by Crippen LogP contribution is -2.55. The van der Waals surface area contributed by atoms with Crippen molar-refractivity contribution in [3.63, 3.8) is 0 Å². The number of rotatable bonds is 10. The van der Waals surface area contributed by atoms with E-state index in [2.05, 4.69) is 5.32 Å². The summed E-state index contributed by atoms with van der Waals surface area (Å²) >= 11 is 0. The molecule has 0 aromatic heterocycles. The highest BCUT2D eigenvalue weighted by molar-refractivity contribution is 7.92. The first-order chi connectivity index (χ1) is 18.7. The van der Waals surface area contributed by atoms with Crippen LogP contribution < -0.4 is 9.62 Å². The lowest BCUT2D eigenvalue weighted by molar-refractivity contribution is -0.141. The SMILES string of the molecule is CC[C@@H](C(=O)NC(C)(C)C)N(Cc1ccc(C)cc1)C(=O)CN(c1cccc(C)c1C)S(=O)(=O)c1ccccc1. The van der Waals surface area contributed by atoms with Crippen molar-refractivity contribution in [2.24, 2.45) is 0 Å². The lowest BCUT2D eigenvalue weighted by atomic mass is 10.0. The smallest absolute Gasteiger partial charge is 0.264 e. The van der Waals surface area contributed by atoms with Crippen molar-refractivity contribution in [2.45, 2.75) is 77.9 Å². The van der Waals surface area contributed by atoms with Crippen LogP contribution >= 0.6 is 0 Å². The molecule has 3 aromatic rings. The molecular weight excluding hydrogens is 522 g/mol. The summed E-state index contributed by atoms with van der Waals surface area (Å²) in [5.41, 5.74) is 3.53. The molecule has 214 valence electrons. The van der Waals surface area contributed by atoms with Gasteiger partial charge in [-0.25, -0.2) is 8.42 Å². The Morgan fingerprint density at radius 1 is 0.875 bits per heavy atom. The summed E-state index contributed by atoms with van der Waals surface area (Å²) in [5.74, 6) is -0.739. The number of aryl methyl sites for hydroxylation is 2. The minimum Gasteiger partial charge on any atom is -0.350 e. The van der Waals surface area contributed by atoms with E-state index in [1.807, 2.05) is 78.8 Å². The number of sulfonamides is 1. The first-order valence-electron chi connectivity index (χ1n) is 13.6. The standard InChI is InChI=1S/C32H41N3O4S/c1-8-28(31(37)33-32(5,6)7)34(21-26-19-17-23(2)18-20-26)30(36)22-35(29-16-12-13-24(3)25(29)4)40(38,39)27-14-10-9-11-15-27/h9-20,28H,8,21-22H2,1-7H3,(H,33,37)/t28-/m0/s1. The highest BCUT2D eigenvalue weighted by Gasteiger charge is 2.35. The molecule has 3 rings (SSSR count). The Labute approximate surface area is 239 Å². The van der Waals surface area contributed by atoms with Crippen LogP contribution in [0, 0.1) is 20.8 Å². The van der Waals surface area contributed by atoms with Gasteiger partial charge in [0, 0.05) is 12.1 Å². The van der Waals surface area contributed by atoms with Gasteiger partial charge in [0.1, 0.15) is 12.6 Å². The van der Waals surface area contributed by atoms with E-state index in [4.69, 9.17) is 0 Å². The van der Waals surface area contributed by atoms with Gasteiger partial charge in [-0.2, -0.15) is 0 Å². The molecule has 0 bridgehead atoms. The monoisotopic (exact) mass is 563 g/mol. The predicted molar refractivity (Wildman–Crippen MR) is 161 cm³/mol. The maximum atomic E-state index is 14.2. The summed E-state index contributed by atoms with van der Waals surface area (Å²) < 4.78 is 29.1. The van der Waals surface area contributed by atoms with Crippen LogP contribution in [-0.4, -0.2) is 43.3 Å². The van der Waals surface area contributed by atoms with Crippen LogP contribution in [0.2, 0.25) is 0 Å². The second kappa shape index (κ2) is 12.7.